The molecule has 0 fully saturated rings. The van der Waals surface area contributed by atoms with Gasteiger partial charge in [-0.3, -0.25) is 4.79 Å². The fraction of sp³-hybridized carbons (Fsp3) is 0.458. The Morgan fingerprint density at radius 1 is 1.00 bits per heavy atom. The number of rotatable bonds is 8. The molecule has 1 atom stereocenters. The average molecular weight is 391 g/mol. The van der Waals surface area contributed by atoms with E-state index in [4.69, 9.17) is 4.74 Å². The smallest absolute Gasteiger partial charge is 0.186 e. The minimum Gasteiger partial charge on any atom is -0.494 e. The van der Waals surface area contributed by atoms with Gasteiger partial charge in [-0.05, 0) is 68.4 Å². The van der Waals surface area contributed by atoms with Crippen molar-refractivity contribution in [2.24, 2.45) is 0 Å². The second kappa shape index (κ2) is 11.2. The van der Waals surface area contributed by atoms with Crippen LogP contribution < -0.4 is 10.0 Å². The number of carbonyl (C=O) groups is 1. The first-order chi connectivity index (χ1) is 12.7. The molecule has 1 radical (unpaired) electrons. The van der Waals surface area contributed by atoms with Crippen molar-refractivity contribution in [2.75, 3.05) is 6.61 Å². The monoisotopic (exact) mass is 391 g/mol. The predicted octanol–water partition coefficient (Wildman–Crippen LogP) is 5.93. The standard InChI is InChI=1S/C24H33O2P.Li/c1-7-8-9-14-26-20-10-12-21(13-11-20)27-23(25)22-17(2)15-19(16-18(22)3)24(4,5)6;/h10-13,15-16,27H,7-9,14H2,1-6H3;. The van der Waals surface area contributed by atoms with Gasteiger partial charge >= 0.3 is 0 Å². The van der Waals surface area contributed by atoms with E-state index in [2.05, 4.69) is 39.8 Å². The second-order valence-electron chi connectivity index (χ2n) is 8.27. The van der Waals surface area contributed by atoms with Gasteiger partial charge in [0.15, 0.2) is 5.52 Å². The number of carbonyl (C=O) groups excluding carboxylic acids is 1. The summed E-state index contributed by atoms with van der Waals surface area (Å²) in [6, 6.07) is 12.3. The van der Waals surface area contributed by atoms with Crippen molar-refractivity contribution in [3.63, 3.8) is 0 Å². The Balaban J connectivity index is 0.00000392. The Labute approximate surface area is 184 Å². The van der Waals surface area contributed by atoms with Crippen molar-refractivity contribution >= 4 is 38.3 Å². The zero-order valence-corrected chi connectivity index (χ0v) is 19.6. The summed E-state index contributed by atoms with van der Waals surface area (Å²) >= 11 is 0. The summed E-state index contributed by atoms with van der Waals surface area (Å²) in [5.74, 6) is 0.883. The van der Waals surface area contributed by atoms with Crippen LogP contribution in [0.15, 0.2) is 36.4 Å². The van der Waals surface area contributed by atoms with Crippen LogP contribution in [0.5, 0.6) is 5.75 Å². The van der Waals surface area contributed by atoms with Crippen molar-refractivity contribution < 1.29 is 9.53 Å². The fourth-order valence-corrected chi connectivity index (χ4v) is 4.24. The van der Waals surface area contributed by atoms with Gasteiger partial charge < -0.3 is 4.74 Å². The van der Waals surface area contributed by atoms with Gasteiger partial charge in [-0.2, -0.15) is 0 Å². The summed E-state index contributed by atoms with van der Waals surface area (Å²) in [6.07, 6.45) is 3.48. The number of hydrogen-bond acceptors (Lipinski definition) is 2. The molecule has 0 aromatic heterocycles. The van der Waals surface area contributed by atoms with E-state index in [9.17, 15) is 4.79 Å². The van der Waals surface area contributed by atoms with Crippen LogP contribution in [0.1, 0.15) is 74.0 Å². The van der Waals surface area contributed by atoms with Gasteiger partial charge in [0.25, 0.3) is 0 Å². The van der Waals surface area contributed by atoms with Gasteiger partial charge in [-0.25, -0.2) is 0 Å². The molecule has 147 valence electrons. The molecule has 2 nitrogen and oxygen atoms in total. The zero-order valence-electron chi connectivity index (χ0n) is 18.6. The van der Waals surface area contributed by atoms with Crippen molar-refractivity contribution in [3.05, 3.63) is 58.7 Å². The molecule has 0 aliphatic carbocycles. The van der Waals surface area contributed by atoms with Crippen LogP contribution >= 0.6 is 8.58 Å². The van der Waals surface area contributed by atoms with Crippen molar-refractivity contribution in [3.8, 4) is 5.75 Å². The molecule has 0 saturated carbocycles. The summed E-state index contributed by atoms with van der Waals surface area (Å²) in [5, 5.41) is 1.06. The summed E-state index contributed by atoms with van der Waals surface area (Å²) in [4.78, 5) is 12.9. The number of unbranched alkanes of at least 4 members (excludes halogenated alkanes) is 2. The van der Waals surface area contributed by atoms with Crippen LogP contribution in [-0.4, -0.2) is 31.0 Å². The van der Waals surface area contributed by atoms with Crippen LogP contribution in [-0.2, 0) is 5.41 Å². The van der Waals surface area contributed by atoms with E-state index >= 15 is 0 Å². The Kier molecular flexibility index (Phi) is 10.00. The third-order valence-electron chi connectivity index (χ3n) is 4.75. The summed E-state index contributed by atoms with van der Waals surface area (Å²) in [6.45, 7) is 13.7. The van der Waals surface area contributed by atoms with E-state index in [1.165, 1.54) is 18.4 Å². The maximum absolute atomic E-state index is 12.9. The summed E-state index contributed by atoms with van der Waals surface area (Å²) < 4.78 is 5.75. The first-order valence-electron chi connectivity index (χ1n) is 9.88. The summed E-state index contributed by atoms with van der Waals surface area (Å²) in [5.41, 5.74) is 4.61. The SMILES string of the molecule is CCCCCOc1ccc(PC(=O)c2c(C)cc(C(C)(C)C)cc2C)cc1.[Li]. The third-order valence-corrected chi connectivity index (χ3v) is 5.85. The molecule has 0 spiro atoms. The van der Waals surface area contributed by atoms with Crippen LogP contribution in [0.25, 0.3) is 0 Å². The van der Waals surface area contributed by atoms with Crippen LogP contribution in [0, 0.1) is 13.8 Å². The van der Waals surface area contributed by atoms with E-state index in [0.29, 0.717) is 0 Å². The molecule has 0 heterocycles. The van der Waals surface area contributed by atoms with Gasteiger partial charge in [-0.1, -0.05) is 64.8 Å². The molecule has 28 heavy (non-hydrogen) atoms. The fourth-order valence-electron chi connectivity index (χ4n) is 3.12. The molecule has 0 saturated heterocycles. The Hall–Kier alpha value is -1.06. The maximum Gasteiger partial charge on any atom is 0.186 e. The van der Waals surface area contributed by atoms with Gasteiger partial charge in [0, 0.05) is 24.4 Å². The molecule has 2 rings (SSSR count). The van der Waals surface area contributed by atoms with Crippen molar-refractivity contribution in [2.45, 2.75) is 66.2 Å². The molecule has 0 bridgehead atoms. The Morgan fingerprint density at radius 2 is 1.57 bits per heavy atom. The molecule has 0 amide bonds. The minimum atomic E-state index is 0. The molecule has 0 N–H and O–H groups in total. The van der Waals surface area contributed by atoms with E-state index in [1.54, 1.807) is 0 Å². The molecular formula is C24H33LiO2P. The van der Waals surface area contributed by atoms with Crippen LogP contribution in [0.2, 0.25) is 0 Å². The molecular weight excluding hydrogens is 358 g/mol. The van der Waals surface area contributed by atoms with Crippen molar-refractivity contribution in [1.82, 2.24) is 0 Å². The second-order valence-corrected chi connectivity index (χ2v) is 9.55. The number of ether oxygens (including phenoxy) is 1. The van der Waals surface area contributed by atoms with Crippen molar-refractivity contribution in [1.29, 1.82) is 0 Å². The summed E-state index contributed by atoms with van der Waals surface area (Å²) in [7, 11) is 0.136. The minimum absolute atomic E-state index is 0. The number of benzene rings is 2. The van der Waals surface area contributed by atoms with E-state index in [-0.39, 0.29) is 38.4 Å². The normalized spacial score (nSPS) is 11.5. The first kappa shape index (κ1) is 25.0. The van der Waals surface area contributed by atoms with E-state index < -0.39 is 0 Å². The molecule has 2 aromatic rings. The van der Waals surface area contributed by atoms with Crippen LogP contribution in [0.3, 0.4) is 0 Å². The Bertz CT molecular complexity index is 753. The Morgan fingerprint density at radius 3 is 2.07 bits per heavy atom. The van der Waals surface area contributed by atoms with Crippen LogP contribution in [0.4, 0.5) is 0 Å². The van der Waals surface area contributed by atoms with Gasteiger partial charge in [0.2, 0.25) is 0 Å². The van der Waals surface area contributed by atoms with Gasteiger partial charge in [0.1, 0.15) is 5.75 Å². The molecule has 4 heteroatoms. The first-order valence-corrected chi connectivity index (χ1v) is 10.9. The quantitative estimate of drug-likeness (QED) is 0.317. The molecule has 0 aliphatic heterocycles. The average Bonchev–Trinajstić information content (AvgIpc) is 2.58. The maximum atomic E-state index is 12.9. The predicted molar refractivity (Wildman–Crippen MR) is 124 cm³/mol. The number of hydrogen-bond donors (Lipinski definition) is 0. The molecule has 2 aromatic carbocycles. The third kappa shape index (κ3) is 7.08. The van der Waals surface area contributed by atoms with E-state index in [1.807, 2.05) is 38.1 Å². The van der Waals surface area contributed by atoms with Gasteiger partial charge in [0.05, 0.1) is 6.61 Å². The molecule has 0 aliphatic rings. The largest absolute Gasteiger partial charge is 0.494 e. The van der Waals surface area contributed by atoms with Gasteiger partial charge in [-0.15, -0.1) is 0 Å². The van der Waals surface area contributed by atoms with E-state index in [0.717, 1.165) is 40.8 Å². The zero-order chi connectivity index (χ0) is 20.0. The molecule has 1 unspecified atom stereocenters. The topological polar surface area (TPSA) is 26.3 Å². The number of aryl methyl sites for hydroxylation is 2.